The fourth-order valence-electron chi connectivity index (χ4n) is 1.45. The van der Waals surface area contributed by atoms with E-state index < -0.39 is 4.92 Å². The molecule has 0 aliphatic carbocycles. The van der Waals surface area contributed by atoms with E-state index in [1.54, 1.807) is 16.9 Å². The second kappa shape index (κ2) is 5.01. The van der Waals surface area contributed by atoms with E-state index in [4.69, 9.17) is 11.6 Å². The van der Waals surface area contributed by atoms with Gasteiger partial charge in [0.05, 0.1) is 20.4 Å². The maximum atomic E-state index is 10.7. The molecule has 2 rings (SSSR count). The number of rotatable bonds is 3. The summed E-state index contributed by atoms with van der Waals surface area (Å²) < 4.78 is 2.64. The van der Waals surface area contributed by atoms with Crippen molar-refractivity contribution in [3.8, 4) is 5.69 Å². The standard InChI is InChI=1S/C10H7ClIN3O2/c11-4-7-3-9(15(16)17)1-2-10(7)14-6-8(12)5-13-14/h1-3,5-6H,4H2. The summed E-state index contributed by atoms with van der Waals surface area (Å²) in [7, 11) is 0. The number of nitro benzene ring substituents is 1. The van der Waals surface area contributed by atoms with Gasteiger partial charge in [-0.15, -0.1) is 11.6 Å². The Morgan fingerprint density at radius 2 is 2.29 bits per heavy atom. The van der Waals surface area contributed by atoms with Crippen molar-refractivity contribution in [2.75, 3.05) is 0 Å². The molecule has 1 aromatic heterocycles. The molecule has 17 heavy (non-hydrogen) atoms. The van der Waals surface area contributed by atoms with Gasteiger partial charge in [-0.25, -0.2) is 4.68 Å². The third-order valence-electron chi connectivity index (χ3n) is 2.22. The zero-order valence-electron chi connectivity index (χ0n) is 8.51. The minimum atomic E-state index is -0.438. The van der Waals surface area contributed by atoms with Gasteiger partial charge in [-0.1, -0.05) is 0 Å². The van der Waals surface area contributed by atoms with Crippen molar-refractivity contribution in [1.82, 2.24) is 9.78 Å². The van der Waals surface area contributed by atoms with Crippen LogP contribution in [-0.4, -0.2) is 14.7 Å². The van der Waals surface area contributed by atoms with Crippen LogP contribution in [0.25, 0.3) is 5.69 Å². The molecule has 5 nitrogen and oxygen atoms in total. The first-order valence-corrected chi connectivity index (χ1v) is 6.27. The number of nitro groups is 1. The molecule has 0 saturated carbocycles. The predicted octanol–water partition coefficient (Wildman–Crippen LogP) is 3.12. The molecule has 0 aliphatic rings. The van der Waals surface area contributed by atoms with Crippen molar-refractivity contribution in [1.29, 1.82) is 0 Å². The topological polar surface area (TPSA) is 61.0 Å². The molecule has 88 valence electrons. The molecule has 0 spiro atoms. The van der Waals surface area contributed by atoms with Crippen molar-refractivity contribution < 1.29 is 4.92 Å². The van der Waals surface area contributed by atoms with Gasteiger partial charge in [-0.05, 0) is 34.2 Å². The Kier molecular flexibility index (Phi) is 3.63. The summed E-state index contributed by atoms with van der Waals surface area (Å²) in [6.07, 6.45) is 3.54. The summed E-state index contributed by atoms with van der Waals surface area (Å²) in [6.45, 7) is 0. The first-order chi connectivity index (χ1) is 8.11. The Labute approximate surface area is 116 Å². The fourth-order valence-corrected chi connectivity index (χ4v) is 2.05. The van der Waals surface area contributed by atoms with Gasteiger partial charge < -0.3 is 0 Å². The summed E-state index contributed by atoms with van der Waals surface area (Å²) in [4.78, 5) is 10.2. The van der Waals surface area contributed by atoms with Gasteiger partial charge in [0, 0.05) is 24.2 Å². The van der Waals surface area contributed by atoms with Crippen LogP contribution in [0.5, 0.6) is 0 Å². The van der Waals surface area contributed by atoms with Crippen molar-refractivity contribution >= 4 is 39.9 Å². The Bertz CT molecular complexity index is 570. The number of alkyl halides is 1. The van der Waals surface area contributed by atoms with E-state index >= 15 is 0 Å². The fraction of sp³-hybridized carbons (Fsp3) is 0.100. The molecule has 1 heterocycles. The molecule has 0 saturated heterocycles. The highest BCUT2D eigenvalue weighted by Crippen LogP contribution is 2.22. The Morgan fingerprint density at radius 3 is 2.82 bits per heavy atom. The molecular formula is C10H7ClIN3O2. The highest BCUT2D eigenvalue weighted by Gasteiger charge is 2.11. The van der Waals surface area contributed by atoms with Gasteiger partial charge >= 0.3 is 0 Å². The molecule has 0 radical (unpaired) electrons. The van der Waals surface area contributed by atoms with Crippen LogP contribution in [0.2, 0.25) is 0 Å². The second-order valence-electron chi connectivity index (χ2n) is 3.31. The van der Waals surface area contributed by atoms with E-state index in [0.717, 1.165) is 9.26 Å². The van der Waals surface area contributed by atoms with Crippen molar-refractivity contribution in [3.05, 3.63) is 49.8 Å². The predicted molar refractivity (Wildman–Crippen MR) is 72.5 cm³/mol. The number of non-ortho nitro benzene ring substituents is 1. The molecule has 0 aliphatic heterocycles. The number of hydrogen-bond acceptors (Lipinski definition) is 3. The minimum Gasteiger partial charge on any atom is -0.258 e. The van der Waals surface area contributed by atoms with Crippen LogP contribution in [0.15, 0.2) is 30.6 Å². The third-order valence-corrected chi connectivity index (χ3v) is 3.06. The van der Waals surface area contributed by atoms with Crippen LogP contribution in [0.4, 0.5) is 5.69 Å². The minimum absolute atomic E-state index is 0.0336. The third kappa shape index (κ3) is 2.58. The zero-order valence-corrected chi connectivity index (χ0v) is 11.4. The van der Waals surface area contributed by atoms with Gasteiger partial charge in [0.15, 0.2) is 0 Å². The molecule has 0 atom stereocenters. The van der Waals surface area contributed by atoms with E-state index in [2.05, 4.69) is 27.7 Å². The molecule has 0 fully saturated rings. The van der Waals surface area contributed by atoms with Crippen LogP contribution in [-0.2, 0) is 5.88 Å². The lowest BCUT2D eigenvalue weighted by Gasteiger charge is -2.06. The van der Waals surface area contributed by atoms with Crippen LogP contribution in [0, 0.1) is 13.7 Å². The first kappa shape index (κ1) is 12.3. The van der Waals surface area contributed by atoms with E-state index in [1.807, 2.05) is 6.20 Å². The smallest absolute Gasteiger partial charge is 0.258 e. The summed E-state index contributed by atoms with van der Waals surface area (Å²) in [5.41, 5.74) is 1.47. The Hall–Kier alpha value is -1.15. The zero-order chi connectivity index (χ0) is 12.4. The van der Waals surface area contributed by atoms with Crippen LogP contribution >= 0.6 is 34.2 Å². The normalized spacial score (nSPS) is 10.5. The highest BCUT2D eigenvalue weighted by atomic mass is 127. The lowest BCUT2D eigenvalue weighted by molar-refractivity contribution is -0.384. The van der Waals surface area contributed by atoms with Crippen molar-refractivity contribution in [3.63, 3.8) is 0 Å². The molecule has 1 aromatic carbocycles. The van der Waals surface area contributed by atoms with Crippen LogP contribution in [0.3, 0.4) is 0 Å². The number of nitrogens with zero attached hydrogens (tertiary/aromatic N) is 3. The van der Waals surface area contributed by atoms with Gasteiger partial charge in [0.25, 0.3) is 5.69 Å². The van der Waals surface area contributed by atoms with Gasteiger partial charge in [-0.2, -0.15) is 5.10 Å². The lowest BCUT2D eigenvalue weighted by atomic mass is 10.2. The van der Waals surface area contributed by atoms with Gasteiger partial charge in [0.1, 0.15) is 0 Å². The van der Waals surface area contributed by atoms with E-state index in [-0.39, 0.29) is 11.6 Å². The first-order valence-electron chi connectivity index (χ1n) is 4.65. The number of halogens is 2. The summed E-state index contributed by atoms with van der Waals surface area (Å²) in [5.74, 6) is 0.202. The number of benzene rings is 1. The molecule has 0 N–H and O–H groups in total. The summed E-state index contributed by atoms with van der Waals surface area (Å²) in [6, 6.07) is 4.57. The maximum Gasteiger partial charge on any atom is 0.269 e. The van der Waals surface area contributed by atoms with E-state index in [0.29, 0.717) is 5.56 Å². The second-order valence-corrected chi connectivity index (χ2v) is 4.82. The van der Waals surface area contributed by atoms with Crippen LogP contribution < -0.4 is 0 Å². The van der Waals surface area contributed by atoms with Gasteiger partial charge in [0.2, 0.25) is 0 Å². The molecule has 7 heteroatoms. The number of hydrogen-bond donors (Lipinski definition) is 0. The molecule has 2 aromatic rings. The Morgan fingerprint density at radius 1 is 1.53 bits per heavy atom. The summed E-state index contributed by atoms with van der Waals surface area (Å²) in [5, 5.41) is 14.8. The SMILES string of the molecule is O=[N+]([O-])c1ccc(-n2cc(I)cn2)c(CCl)c1. The summed E-state index contributed by atoms with van der Waals surface area (Å²) >= 11 is 7.94. The lowest BCUT2D eigenvalue weighted by Crippen LogP contribution is -2.00. The molecule has 0 amide bonds. The highest BCUT2D eigenvalue weighted by molar-refractivity contribution is 14.1. The molecular weight excluding hydrogens is 356 g/mol. The quantitative estimate of drug-likeness (QED) is 0.364. The van der Waals surface area contributed by atoms with Crippen molar-refractivity contribution in [2.24, 2.45) is 0 Å². The van der Waals surface area contributed by atoms with Crippen molar-refractivity contribution in [2.45, 2.75) is 5.88 Å². The average molecular weight is 364 g/mol. The van der Waals surface area contributed by atoms with E-state index in [1.165, 1.54) is 12.1 Å². The molecule has 0 bridgehead atoms. The van der Waals surface area contributed by atoms with Gasteiger partial charge in [-0.3, -0.25) is 10.1 Å². The average Bonchev–Trinajstić information content (AvgIpc) is 2.74. The largest absolute Gasteiger partial charge is 0.269 e. The van der Waals surface area contributed by atoms with E-state index in [9.17, 15) is 10.1 Å². The maximum absolute atomic E-state index is 10.7. The van der Waals surface area contributed by atoms with Crippen LogP contribution in [0.1, 0.15) is 5.56 Å². The monoisotopic (exact) mass is 363 g/mol. The number of aromatic nitrogens is 2. The Balaban J connectivity index is 2.51. The molecule has 0 unspecified atom stereocenters.